The van der Waals surface area contributed by atoms with Crippen LogP contribution < -0.4 is 10.3 Å². The second kappa shape index (κ2) is 6.56. The van der Waals surface area contributed by atoms with E-state index in [0.717, 1.165) is 21.1 Å². The summed E-state index contributed by atoms with van der Waals surface area (Å²) < 4.78 is 4.94. The zero-order chi connectivity index (χ0) is 16.4. The molecule has 0 aliphatic carbocycles. The molecular formula is C18H19BrN3O+. The third-order valence-corrected chi connectivity index (χ3v) is 4.47. The normalized spacial score (nSPS) is 12.4. The molecule has 0 bridgehead atoms. The fraction of sp³-hybridized carbons (Fsp3) is 0.167. The molecule has 3 rings (SSSR count). The number of para-hydroxylation sites is 2. The van der Waals surface area contributed by atoms with Gasteiger partial charge in [0.1, 0.15) is 23.7 Å². The van der Waals surface area contributed by atoms with Gasteiger partial charge in [0.15, 0.2) is 0 Å². The number of aliphatic hydroxyl groups is 1. The molecule has 5 heteroatoms. The van der Waals surface area contributed by atoms with Crippen molar-refractivity contribution in [1.82, 2.24) is 4.57 Å². The number of anilines is 1. The van der Waals surface area contributed by atoms with Gasteiger partial charge in [-0.3, -0.25) is 5.73 Å². The van der Waals surface area contributed by atoms with Crippen LogP contribution in [0.2, 0.25) is 0 Å². The molecule has 0 amide bonds. The van der Waals surface area contributed by atoms with Crippen LogP contribution in [0, 0.1) is 0 Å². The molecule has 1 unspecified atom stereocenters. The van der Waals surface area contributed by atoms with Gasteiger partial charge >= 0.3 is 5.95 Å². The summed E-state index contributed by atoms with van der Waals surface area (Å²) >= 11 is 3.41. The van der Waals surface area contributed by atoms with Crippen molar-refractivity contribution in [3.8, 4) is 0 Å². The van der Waals surface area contributed by atoms with Gasteiger partial charge in [0.2, 0.25) is 0 Å². The highest BCUT2D eigenvalue weighted by Crippen LogP contribution is 2.20. The Balaban J connectivity index is 2.01. The van der Waals surface area contributed by atoms with E-state index >= 15 is 0 Å². The fourth-order valence-corrected chi connectivity index (χ4v) is 3.05. The van der Waals surface area contributed by atoms with Gasteiger partial charge in [0.25, 0.3) is 0 Å². The Morgan fingerprint density at radius 1 is 1.22 bits per heavy atom. The maximum atomic E-state index is 10.6. The van der Waals surface area contributed by atoms with Crippen LogP contribution in [0.5, 0.6) is 0 Å². The Hall–Kier alpha value is -2.11. The minimum atomic E-state index is -0.626. The fourth-order valence-electron chi connectivity index (χ4n) is 2.79. The second-order valence-electron chi connectivity index (χ2n) is 5.42. The van der Waals surface area contributed by atoms with E-state index in [1.165, 1.54) is 0 Å². The number of allylic oxidation sites excluding steroid dienone is 1. The number of benzene rings is 2. The van der Waals surface area contributed by atoms with Gasteiger partial charge in [0, 0.05) is 4.47 Å². The molecule has 3 aromatic rings. The Bertz CT molecular complexity index is 839. The molecule has 23 heavy (non-hydrogen) atoms. The van der Waals surface area contributed by atoms with E-state index in [1.54, 1.807) is 0 Å². The molecule has 0 aliphatic rings. The SMILES string of the molecule is C=CCn1c(N)[n+](CC(O)c2ccc(Br)cc2)c2ccccc21. The quantitative estimate of drug-likeness (QED) is 0.533. The minimum Gasteiger partial charge on any atom is -0.385 e. The summed E-state index contributed by atoms with van der Waals surface area (Å²) in [6.07, 6.45) is 1.19. The summed E-state index contributed by atoms with van der Waals surface area (Å²) in [5.41, 5.74) is 9.21. The van der Waals surface area contributed by atoms with Crippen molar-refractivity contribution in [3.05, 3.63) is 71.2 Å². The van der Waals surface area contributed by atoms with E-state index in [1.807, 2.05) is 63.7 Å². The number of hydrogen-bond acceptors (Lipinski definition) is 2. The number of rotatable bonds is 5. The van der Waals surface area contributed by atoms with E-state index in [9.17, 15) is 5.11 Å². The number of halogens is 1. The molecule has 0 fully saturated rings. The summed E-state index contributed by atoms with van der Waals surface area (Å²) in [6, 6.07) is 15.7. The molecule has 0 saturated carbocycles. The van der Waals surface area contributed by atoms with Gasteiger partial charge in [-0.2, -0.15) is 0 Å². The number of aromatic nitrogens is 2. The van der Waals surface area contributed by atoms with Crippen molar-refractivity contribution in [2.75, 3.05) is 5.73 Å². The summed E-state index contributed by atoms with van der Waals surface area (Å²) in [7, 11) is 0. The first-order valence-corrected chi connectivity index (χ1v) is 8.22. The number of nitrogens with two attached hydrogens (primary N) is 1. The lowest BCUT2D eigenvalue weighted by Crippen LogP contribution is -2.39. The lowest BCUT2D eigenvalue weighted by atomic mass is 10.1. The molecule has 1 heterocycles. The summed E-state index contributed by atoms with van der Waals surface area (Å²) in [5, 5.41) is 10.6. The lowest BCUT2D eigenvalue weighted by molar-refractivity contribution is -0.666. The van der Waals surface area contributed by atoms with Crippen molar-refractivity contribution in [3.63, 3.8) is 0 Å². The number of aliphatic hydroxyl groups excluding tert-OH is 1. The predicted octanol–water partition coefficient (Wildman–Crippen LogP) is 3.19. The van der Waals surface area contributed by atoms with Crippen LogP contribution in [0.1, 0.15) is 11.7 Å². The number of imidazole rings is 1. The number of fused-ring (bicyclic) bond motifs is 1. The van der Waals surface area contributed by atoms with Crippen molar-refractivity contribution < 1.29 is 9.67 Å². The van der Waals surface area contributed by atoms with Crippen molar-refractivity contribution >= 4 is 32.9 Å². The van der Waals surface area contributed by atoms with Gasteiger partial charge in [-0.1, -0.05) is 52.9 Å². The van der Waals surface area contributed by atoms with Crippen molar-refractivity contribution in [1.29, 1.82) is 0 Å². The van der Waals surface area contributed by atoms with Crippen LogP contribution >= 0.6 is 15.9 Å². The summed E-state index contributed by atoms with van der Waals surface area (Å²) in [4.78, 5) is 0. The number of nitrogen functional groups attached to an aromatic ring is 1. The van der Waals surface area contributed by atoms with Crippen molar-refractivity contribution in [2.45, 2.75) is 19.2 Å². The van der Waals surface area contributed by atoms with Gasteiger partial charge in [0.05, 0.1) is 6.54 Å². The summed E-state index contributed by atoms with van der Waals surface area (Å²) in [5.74, 6) is 0.613. The predicted molar refractivity (Wildman–Crippen MR) is 95.8 cm³/mol. The molecule has 118 valence electrons. The highest BCUT2D eigenvalue weighted by atomic mass is 79.9. The Morgan fingerprint density at radius 3 is 2.61 bits per heavy atom. The lowest BCUT2D eigenvalue weighted by Gasteiger charge is -2.10. The van der Waals surface area contributed by atoms with E-state index in [0.29, 0.717) is 19.0 Å². The first-order valence-electron chi connectivity index (χ1n) is 7.42. The van der Waals surface area contributed by atoms with Crippen LogP contribution in [-0.4, -0.2) is 9.67 Å². The standard InChI is InChI=1S/C18H18BrN3O/c1-2-11-21-15-5-3-4-6-16(15)22(18(21)20)12-17(23)13-7-9-14(19)10-8-13/h2-10,17,20,23H,1,11-12H2/p+1. The number of nitrogens with zero attached hydrogens (tertiary/aromatic N) is 2. The first kappa shape index (κ1) is 15.8. The summed E-state index contributed by atoms with van der Waals surface area (Å²) in [6.45, 7) is 4.82. The van der Waals surface area contributed by atoms with E-state index in [4.69, 9.17) is 5.73 Å². The number of hydrogen-bond donors (Lipinski definition) is 2. The molecule has 1 aromatic heterocycles. The molecule has 3 N–H and O–H groups in total. The van der Waals surface area contributed by atoms with Crippen LogP contribution in [0.15, 0.2) is 65.7 Å². The average molecular weight is 373 g/mol. The van der Waals surface area contributed by atoms with Crippen LogP contribution in [-0.2, 0) is 13.1 Å². The van der Waals surface area contributed by atoms with Crippen LogP contribution in [0.3, 0.4) is 0 Å². The van der Waals surface area contributed by atoms with Gasteiger partial charge in [-0.15, -0.1) is 0 Å². The molecule has 2 aromatic carbocycles. The monoisotopic (exact) mass is 372 g/mol. The molecular weight excluding hydrogens is 354 g/mol. The molecule has 0 radical (unpaired) electrons. The topological polar surface area (TPSA) is 55.1 Å². The van der Waals surface area contributed by atoms with Gasteiger partial charge in [-0.25, -0.2) is 9.13 Å². The van der Waals surface area contributed by atoms with Crippen LogP contribution in [0.25, 0.3) is 11.0 Å². The zero-order valence-corrected chi connectivity index (χ0v) is 14.3. The molecule has 0 spiro atoms. The largest absolute Gasteiger partial charge is 0.385 e. The zero-order valence-electron chi connectivity index (χ0n) is 12.7. The minimum absolute atomic E-state index is 0.401. The van der Waals surface area contributed by atoms with E-state index < -0.39 is 6.10 Å². The van der Waals surface area contributed by atoms with Crippen molar-refractivity contribution in [2.24, 2.45) is 0 Å². The highest BCUT2D eigenvalue weighted by Gasteiger charge is 2.22. The average Bonchev–Trinajstić information content (AvgIpc) is 2.82. The molecule has 0 saturated heterocycles. The molecule has 4 nitrogen and oxygen atoms in total. The smallest absolute Gasteiger partial charge is 0.356 e. The Kier molecular flexibility index (Phi) is 4.50. The van der Waals surface area contributed by atoms with E-state index in [-0.39, 0.29) is 0 Å². The van der Waals surface area contributed by atoms with Gasteiger partial charge in [-0.05, 0) is 29.8 Å². The third-order valence-electron chi connectivity index (χ3n) is 3.94. The first-order chi connectivity index (χ1) is 11.1. The molecule has 1 atom stereocenters. The Labute approximate surface area is 143 Å². The van der Waals surface area contributed by atoms with Crippen LogP contribution in [0.4, 0.5) is 5.95 Å². The van der Waals surface area contributed by atoms with Gasteiger partial charge < -0.3 is 5.11 Å². The highest BCUT2D eigenvalue weighted by molar-refractivity contribution is 9.10. The maximum absolute atomic E-state index is 10.6. The van der Waals surface area contributed by atoms with E-state index in [2.05, 4.69) is 22.5 Å². The Morgan fingerprint density at radius 2 is 1.91 bits per heavy atom. The second-order valence-corrected chi connectivity index (χ2v) is 6.34. The maximum Gasteiger partial charge on any atom is 0.356 e. The third kappa shape index (κ3) is 3.02. The molecule has 0 aliphatic heterocycles.